The third-order valence-corrected chi connectivity index (χ3v) is 10.3. The summed E-state index contributed by atoms with van der Waals surface area (Å²) in [5.41, 5.74) is 4.02. The van der Waals surface area contributed by atoms with Crippen molar-refractivity contribution in [1.29, 1.82) is 0 Å². The molecule has 1 amide bonds. The van der Waals surface area contributed by atoms with Crippen LogP contribution in [0.15, 0.2) is 76.7 Å². The molecule has 6 rings (SSSR count). The van der Waals surface area contributed by atoms with Gasteiger partial charge in [-0.1, -0.05) is 12.1 Å². The molecule has 1 saturated heterocycles. The SMILES string of the molecule is CN(C)c1ccc2c(c1)CCN(c1cccc(-c3cc(Nc4ccc(C(=O)N5CCOCC5)cn4)c(=O)n(C)c3)c1CO)S2(=O)=O. The number of ether oxygens (including phenoxy) is 1. The Kier molecular flexibility index (Phi) is 8.55. The number of anilines is 4. The third-order valence-electron chi connectivity index (χ3n) is 8.36. The van der Waals surface area contributed by atoms with Crippen molar-refractivity contribution in [3.63, 3.8) is 0 Å². The van der Waals surface area contributed by atoms with E-state index in [0.717, 1.165) is 11.3 Å². The van der Waals surface area contributed by atoms with E-state index in [1.807, 2.05) is 25.1 Å². The van der Waals surface area contributed by atoms with Gasteiger partial charge in [0.25, 0.3) is 21.5 Å². The minimum atomic E-state index is -3.90. The summed E-state index contributed by atoms with van der Waals surface area (Å²) >= 11 is 0. The molecule has 2 N–H and O–H groups in total. The summed E-state index contributed by atoms with van der Waals surface area (Å²) in [6, 6.07) is 15.5. The van der Waals surface area contributed by atoms with Gasteiger partial charge in [0, 0.05) is 70.0 Å². The van der Waals surface area contributed by atoms with Crippen LogP contribution in [0.3, 0.4) is 0 Å². The fourth-order valence-corrected chi connectivity index (χ4v) is 7.61. The molecule has 12 nitrogen and oxygen atoms in total. The highest BCUT2D eigenvalue weighted by Crippen LogP contribution is 2.38. The number of morpholine rings is 1. The zero-order valence-corrected chi connectivity index (χ0v) is 26.7. The van der Waals surface area contributed by atoms with Crippen molar-refractivity contribution in [2.45, 2.75) is 17.9 Å². The van der Waals surface area contributed by atoms with Crippen LogP contribution in [0.4, 0.5) is 22.9 Å². The van der Waals surface area contributed by atoms with Crippen LogP contribution >= 0.6 is 0 Å². The molecule has 0 aliphatic carbocycles. The number of hydrogen-bond donors (Lipinski definition) is 2. The van der Waals surface area contributed by atoms with Gasteiger partial charge in [-0.05, 0) is 60.0 Å². The first kappa shape index (κ1) is 31.3. The van der Waals surface area contributed by atoms with Gasteiger partial charge in [0.15, 0.2) is 0 Å². The van der Waals surface area contributed by atoms with Gasteiger partial charge in [-0.15, -0.1) is 0 Å². The predicted octanol–water partition coefficient (Wildman–Crippen LogP) is 2.97. The van der Waals surface area contributed by atoms with Gasteiger partial charge >= 0.3 is 0 Å². The number of aliphatic hydroxyl groups excluding tert-OH is 1. The van der Waals surface area contributed by atoms with Gasteiger partial charge in [-0.2, -0.15) is 0 Å². The van der Waals surface area contributed by atoms with Crippen LogP contribution in [0.25, 0.3) is 11.1 Å². The van der Waals surface area contributed by atoms with E-state index >= 15 is 0 Å². The molecule has 0 bridgehead atoms. The number of carbonyl (C=O) groups excluding carboxylic acids is 1. The van der Waals surface area contributed by atoms with Crippen molar-refractivity contribution >= 4 is 38.8 Å². The summed E-state index contributed by atoms with van der Waals surface area (Å²) in [6.07, 6.45) is 3.63. The van der Waals surface area contributed by atoms with E-state index in [1.54, 1.807) is 66.7 Å². The van der Waals surface area contributed by atoms with Crippen molar-refractivity contribution in [3.8, 4) is 11.1 Å². The minimum absolute atomic E-state index is 0.130. The highest BCUT2D eigenvalue weighted by molar-refractivity contribution is 7.93. The van der Waals surface area contributed by atoms with Crippen LogP contribution in [-0.2, 0) is 34.8 Å². The van der Waals surface area contributed by atoms with Crippen molar-refractivity contribution < 1.29 is 23.1 Å². The van der Waals surface area contributed by atoms with E-state index < -0.39 is 16.6 Å². The maximum atomic E-state index is 13.9. The summed E-state index contributed by atoms with van der Waals surface area (Å²) < 4.78 is 35.8. The van der Waals surface area contributed by atoms with E-state index in [4.69, 9.17) is 4.74 Å². The fourth-order valence-electron chi connectivity index (χ4n) is 5.88. The molecular formula is C33H36N6O6S. The van der Waals surface area contributed by atoms with E-state index in [2.05, 4.69) is 10.3 Å². The van der Waals surface area contributed by atoms with E-state index in [1.165, 1.54) is 15.1 Å². The Morgan fingerprint density at radius 2 is 1.85 bits per heavy atom. The summed E-state index contributed by atoms with van der Waals surface area (Å²) in [5, 5.41) is 13.6. The number of nitrogens with one attached hydrogen (secondary N) is 1. The molecule has 0 spiro atoms. The first-order valence-electron chi connectivity index (χ1n) is 15.0. The standard InChI is InChI=1S/C33H36N6O6S/c1-36(2)25-8-9-30-22(17-25)11-12-39(46(30,43)44)29-6-4-5-26(27(29)21-40)24-18-28(33(42)37(3)20-24)35-31-10-7-23(19-34-31)32(41)38-13-15-45-16-14-38/h4-10,17-20,40H,11-16,21H2,1-3H3,(H,34,35). The summed E-state index contributed by atoms with van der Waals surface area (Å²) in [4.78, 5) is 34.2. The molecule has 0 radical (unpaired) electrons. The predicted molar refractivity (Wildman–Crippen MR) is 176 cm³/mol. The second kappa shape index (κ2) is 12.6. The maximum absolute atomic E-state index is 13.9. The lowest BCUT2D eigenvalue weighted by Gasteiger charge is -2.32. The molecule has 4 heterocycles. The lowest BCUT2D eigenvalue weighted by molar-refractivity contribution is 0.0302. The van der Waals surface area contributed by atoms with Crippen LogP contribution in [0.2, 0.25) is 0 Å². The van der Waals surface area contributed by atoms with Gasteiger partial charge in [-0.3, -0.25) is 13.9 Å². The number of amides is 1. The van der Waals surface area contributed by atoms with E-state index in [-0.39, 0.29) is 28.6 Å². The van der Waals surface area contributed by atoms with Crippen molar-refractivity contribution in [2.75, 3.05) is 61.5 Å². The normalized spacial score (nSPS) is 15.7. The largest absolute Gasteiger partial charge is 0.392 e. The number of fused-ring (bicyclic) bond motifs is 1. The summed E-state index contributed by atoms with van der Waals surface area (Å²) in [5.74, 6) is 0.244. The molecule has 2 aromatic heterocycles. The third kappa shape index (κ3) is 5.84. The molecule has 2 aliphatic rings. The van der Waals surface area contributed by atoms with Crippen molar-refractivity contribution in [3.05, 3.63) is 94.0 Å². The minimum Gasteiger partial charge on any atom is -0.392 e. The van der Waals surface area contributed by atoms with Crippen molar-refractivity contribution in [1.82, 2.24) is 14.5 Å². The zero-order valence-electron chi connectivity index (χ0n) is 25.9. The number of aromatic nitrogens is 2. The Bertz CT molecular complexity index is 1950. The van der Waals surface area contributed by atoms with Crippen LogP contribution in [0, 0.1) is 0 Å². The molecular weight excluding hydrogens is 608 g/mol. The highest BCUT2D eigenvalue weighted by Gasteiger charge is 2.33. The summed E-state index contributed by atoms with van der Waals surface area (Å²) in [7, 11) is 1.54. The zero-order chi connectivity index (χ0) is 32.6. The number of aliphatic hydroxyl groups is 1. The number of carbonyl (C=O) groups is 1. The van der Waals surface area contributed by atoms with E-state index in [0.29, 0.717) is 66.5 Å². The maximum Gasteiger partial charge on any atom is 0.274 e. The lowest BCUT2D eigenvalue weighted by atomic mass is 9.99. The first-order valence-corrected chi connectivity index (χ1v) is 16.4. The van der Waals surface area contributed by atoms with Gasteiger partial charge in [0.1, 0.15) is 11.5 Å². The number of sulfonamides is 1. The van der Waals surface area contributed by atoms with Gasteiger partial charge in [-0.25, -0.2) is 13.4 Å². The van der Waals surface area contributed by atoms with Gasteiger partial charge < -0.3 is 29.5 Å². The molecule has 2 aliphatic heterocycles. The number of rotatable bonds is 7. The van der Waals surface area contributed by atoms with Crippen molar-refractivity contribution in [2.24, 2.45) is 7.05 Å². The van der Waals surface area contributed by atoms with Crippen LogP contribution < -0.4 is 20.1 Å². The summed E-state index contributed by atoms with van der Waals surface area (Å²) in [6.45, 7) is 1.84. The monoisotopic (exact) mass is 644 g/mol. The van der Waals surface area contributed by atoms with Gasteiger partial charge in [0.05, 0.1) is 36.0 Å². The van der Waals surface area contributed by atoms with E-state index in [9.17, 15) is 23.1 Å². The highest BCUT2D eigenvalue weighted by atomic mass is 32.2. The number of nitrogens with zero attached hydrogens (tertiary/aromatic N) is 5. The Morgan fingerprint density at radius 1 is 1.07 bits per heavy atom. The van der Waals surface area contributed by atoms with Crippen LogP contribution in [0.1, 0.15) is 21.5 Å². The smallest absolute Gasteiger partial charge is 0.274 e. The average molecular weight is 645 g/mol. The first-order chi connectivity index (χ1) is 22.1. The average Bonchev–Trinajstić information content (AvgIpc) is 3.06. The van der Waals surface area contributed by atoms with Crippen LogP contribution in [0.5, 0.6) is 0 Å². The lowest BCUT2D eigenvalue weighted by Crippen LogP contribution is -2.40. The van der Waals surface area contributed by atoms with Crippen LogP contribution in [-0.4, -0.2) is 80.8 Å². The number of benzene rings is 2. The Hall–Kier alpha value is -4.72. The molecule has 0 atom stereocenters. The molecule has 0 unspecified atom stereocenters. The second-order valence-corrected chi connectivity index (χ2v) is 13.3. The molecule has 1 fully saturated rings. The molecule has 0 saturated carbocycles. The quantitative estimate of drug-likeness (QED) is 0.311. The molecule has 4 aromatic rings. The Labute approximate surface area is 267 Å². The topological polar surface area (TPSA) is 137 Å². The number of aryl methyl sites for hydroxylation is 1. The van der Waals surface area contributed by atoms with Gasteiger partial charge in [0.2, 0.25) is 0 Å². The molecule has 13 heteroatoms. The fraction of sp³-hybridized carbons (Fsp3) is 0.303. The Morgan fingerprint density at radius 3 is 2.54 bits per heavy atom. The molecule has 240 valence electrons. The second-order valence-electron chi connectivity index (χ2n) is 11.5. The number of hydrogen-bond acceptors (Lipinski definition) is 9. The number of pyridine rings is 2. The molecule has 2 aromatic carbocycles. The molecule has 46 heavy (non-hydrogen) atoms. The Balaban J connectivity index is 1.31.